The van der Waals surface area contributed by atoms with Gasteiger partial charge in [0, 0.05) is 7.11 Å². The molecule has 0 spiro atoms. The first-order valence-electron chi connectivity index (χ1n) is 4.26. The molecule has 6 heteroatoms. The van der Waals surface area contributed by atoms with Crippen molar-refractivity contribution in [3.8, 4) is 0 Å². The minimum Gasteiger partial charge on any atom is -0.386 e. The number of hydrogen-bond acceptors (Lipinski definition) is 4. The normalized spacial score (nSPS) is 32.2. The van der Waals surface area contributed by atoms with Crippen molar-refractivity contribution in [2.45, 2.75) is 12.1 Å². The highest BCUT2D eigenvalue weighted by atomic mass is 32.2. The topological polar surface area (TPSA) is 80.2 Å². The van der Waals surface area contributed by atoms with Crippen LogP contribution in [0.2, 0.25) is 0 Å². The van der Waals surface area contributed by atoms with Gasteiger partial charge in [0.25, 0.3) is 0 Å². The molecule has 13 heavy (non-hydrogen) atoms. The van der Waals surface area contributed by atoms with Crippen LogP contribution in [0.25, 0.3) is 0 Å². The lowest BCUT2D eigenvalue weighted by atomic mass is 10.2. The van der Waals surface area contributed by atoms with Gasteiger partial charge in [-0.05, 0) is 0 Å². The number of ether oxygens (including phenoxy) is 1. The molecule has 78 valence electrons. The summed E-state index contributed by atoms with van der Waals surface area (Å²) in [7, 11) is -1.41. The Hall–Kier alpha value is -0.170. The van der Waals surface area contributed by atoms with E-state index in [2.05, 4.69) is 0 Å². The summed E-state index contributed by atoms with van der Waals surface area (Å²) in [5.41, 5.74) is 0. The van der Waals surface area contributed by atoms with Crippen LogP contribution in [0.15, 0.2) is 0 Å². The van der Waals surface area contributed by atoms with Crippen LogP contribution in [-0.4, -0.2) is 57.4 Å². The molecule has 1 aliphatic rings. The summed E-state index contributed by atoms with van der Waals surface area (Å²) >= 11 is 0. The minimum atomic E-state index is -3.00. The maximum atomic E-state index is 11.1. The second kappa shape index (κ2) is 4.36. The van der Waals surface area contributed by atoms with Crippen LogP contribution in [0.1, 0.15) is 0 Å². The molecule has 0 aliphatic carbocycles. The van der Waals surface area contributed by atoms with Crippen molar-refractivity contribution in [1.82, 2.24) is 0 Å². The maximum absolute atomic E-state index is 11.1. The van der Waals surface area contributed by atoms with Gasteiger partial charge in [-0.1, -0.05) is 0 Å². The standard InChI is InChI=1S/C7H15NO4S/c1-12-3-2-8-6-4-13(10,11)5-7(6)9/h6-9H,2-5H2,1H3/p+1/t6-,7-/m0/s1. The summed E-state index contributed by atoms with van der Waals surface area (Å²) in [5.74, 6) is -0.0149. The van der Waals surface area contributed by atoms with Crippen molar-refractivity contribution in [2.24, 2.45) is 0 Å². The van der Waals surface area contributed by atoms with Crippen LogP contribution in [0, 0.1) is 0 Å². The molecule has 5 nitrogen and oxygen atoms in total. The first-order valence-corrected chi connectivity index (χ1v) is 6.08. The van der Waals surface area contributed by atoms with Crippen LogP contribution in [0.4, 0.5) is 0 Å². The van der Waals surface area contributed by atoms with Crippen LogP contribution in [0.5, 0.6) is 0 Å². The molecule has 0 saturated carbocycles. The van der Waals surface area contributed by atoms with E-state index in [-0.39, 0.29) is 17.5 Å². The monoisotopic (exact) mass is 210 g/mol. The van der Waals surface area contributed by atoms with Crippen LogP contribution >= 0.6 is 0 Å². The van der Waals surface area contributed by atoms with Gasteiger partial charge in [-0.15, -0.1) is 0 Å². The number of quaternary nitrogens is 1. The zero-order chi connectivity index (χ0) is 9.90. The maximum Gasteiger partial charge on any atom is 0.159 e. The zero-order valence-corrected chi connectivity index (χ0v) is 8.46. The summed E-state index contributed by atoms with van der Waals surface area (Å²) in [4.78, 5) is 0. The third kappa shape index (κ3) is 3.22. The number of methoxy groups -OCH3 is 1. The van der Waals surface area contributed by atoms with E-state index in [1.807, 2.05) is 5.32 Å². The summed E-state index contributed by atoms with van der Waals surface area (Å²) in [5, 5.41) is 11.2. The van der Waals surface area contributed by atoms with Crippen LogP contribution in [0.3, 0.4) is 0 Å². The molecule has 3 N–H and O–H groups in total. The Bertz CT molecular complexity index is 251. The van der Waals surface area contributed by atoms with E-state index < -0.39 is 15.9 Å². The van der Waals surface area contributed by atoms with Gasteiger partial charge < -0.3 is 15.2 Å². The molecule has 0 amide bonds. The van der Waals surface area contributed by atoms with Crippen molar-refractivity contribution in [3.05, 3.63) is 0 Å². The molecule has 1 fully saturated rings. The van der Waals surface area contributed by atoms with Gasteiger partial charge in [0.05, 0.1) is 18.9 Å². The summed E-state index contributed by atoms with van der Waals surface area (Å²) in [6, 6.07) is -0.208. The third-order valence-corrected chi connectivity index (χ3v) is 3.90. The second-order valence-corrected chi connectivity index (χ2v) is 5.48. The lowest BCUT2D eigenvalue weighted by Gasteiger charge is -2.10. The van der Waals surface area contributed by atoms with Crippen LogP contribution in [-0.2, 0) is 14.6 Å². The molecule has 1 heterocycles. The lowest BCUT2D eigenvalue weighted by molar-refractivity contribution is -0.691. The molecule has 1 aliphatic heterocycles. The Morgan fingerprint density at radius 3 is 2.69 bits per heavy atom. The first-order chi connectivity index (χ1) is 6.05. The highest BCUT2D eigenvalue weighted by Gasteiger charge is 2.38. The predicted octanol–water partition coefficient (Wildman–Crippen LogP) is -2.65. The Labute approximate surface area is 78.0 Å². The largest absolute Gasteiger partial charge is 0.386 e. The lowest BCUT2D eigenvalue weighted by Crippen LogP contribution is -2.93. The molecule has 0 bridgehead atoms. The van der Waals surface area contributed by atoms with Gasteiger partial charge in [-0.2, -0.15) is 0 Å². The fourth-order valence-electron chi connectivity index (χ4n) is 1.48. The Morgan fingerprint density at radius 1 is 1.54 bits per heavy atom. The van der Waals surface area contributed by atoms with Crippen molar-refractivity contribution >= 4 is 9.84 Å². The third-order valence-electron chi connectivity index (χ3n) is 2.16. The van der Waals surface area contributed by atoms with E-state index in [1.165, 1.54) is 0 Å². The van der Waals surface area contributed by atoms with Gasteiger partial charge in [-0.3, -0.25) is 0 Å². The van der Waals surface area contributed by atoms with E-state index in [1.54, 1.807) is 7.11 Å². The van der Waals surface area contributed by atoms with E-state index in [0.717, 1.165) is 0 Å². The predicted molar refractivity (Wildman–Crippen MR) is 47.1 cm³/mol. The number of nitrogens with two attached hydrogens (primary N) is 1. The number of aliphatic hydroxyl groups is 1. The summed E-state index contributed by atoms with van der Waals surface area (Å²) in [6.07, 6.45) is -0.721. The van der Waals surface area contributed by atoms with Gasteiger partial charge in [-0.25, -0.2) is 8.42 Å². The molecular formula is C7H16NO4S+. The van der Waals surface area contributed by atoms with Gasteiger partial charge in [0.2, 0.25) is 0 Å². The fourth-order valence-corrected chi connectivity index (χ4v) is 3.33. The SMILES string of the molecule is COCC[NH2+][C@H]1CS(=O)(=O)C[C@@H]1O. The van der Waals surface area contributed by atoms with E-state index in [0.29, 0.717) is 13.2 Å². The van der Waals surface area contributed by atoms with Crippen molar-refractivity contribution in [3.63, 3.8) is 0 Å². The molecule has 0 aromatic carbocycles. The van der Waals surface area contributed by atoms with Crippen LogP contribution < -0.4 is 5.32 Å². The highest BCUT2D eigenvalue weighted by Crippen LogP contribution is 2.08. The molecule has 1 saturated heterocycles. The quantitative estimate of drug-likeness (QED) is 0.497. The van der Waals surface area contributed by atoms with Crippen molar-refractivity contribution in [1.29, 1.82) is 0 Å². The average molecular weight is 210 g/mol. The van der Waals surface area contributed by atoms with Gasteiger partial charge in [0.1, 0.15) is 17.9 Å². The Balaban J connectivity index is 2.36. The van der Waals surface area contributed by atoms with Gasteiger partial charge in [0.15, 0.2) is 9.84 Å². The number of rotatable bonds is 4. The van der Waals surface area contributed by atoms with Crippen molar-refractivity contribution in [2.75, 3.05) is 31.8 Å². The number of sulfone groups is 1. The fraction of sp³-hybridized carbons (Fsp3) is 1.00. The smallest absolute Gasteiger partial charge is 0.159 e. The summed E-state index contributed by atoms with van der Waals surface area (Å²) in [6.45, 7) is 1.26. The molecule has 0 aromatic rings. The van der Waals surface area contributed by atoms with E-state index in [4.69, 9.17) is 4.74 Å². The molecular weight excluding hydrogens is 194 g/mol. The second-order valence-electron chi connectivity index (χ2n) is 3.33. The average Bonchev–Trinajstić information content (AvgIpc) is 2.25. The zero-order valence-electron chi connectivity index (χ0n) is 7.64. The highest BCUT2D eigenvalue weighted by molar-refractivity contribution is 7.91. The van der Waals surface area contributed by atoms with E-state index in [9.17, 15) is 13.5 Å². The molecule has 0 radical (unpaired) electrons. The molecule has 0 unspecified atom stereocenters. The molecule has 0 aromatic heterocycles. The molecule has 1 rings (SSSR count). The number of aliphatic hydroxyl groups excluding tert-OH is 1. The minimum absolute atomic E-state index is 0.0812. The Morgan fingerprint density at radius 2 is 2.23 bits per heavy atom. The van der Waals surface area contributed by atoms with Gasteiger partial charge >= 0.3 is 0 Å². The Kier molecular flexibility index (Phi) is 3.66. The van der Waals surface area contributed by atoms with Crippen molar-refractivity contribution < 1.29 is 23.6 Å². The summed E-state index contributed by atoms with van der Waals surface area (Å²) < 4.78 is 27.0. The molecule has 2 atom stereocenters. The first kappa shape index (κ1) is 10.9. The van der Waals surface area contributed by atoms with E-state index >= 15 is 0 Å². The number of hydrogen-bond donors (Lipinski definition) is 2.